The Morgan fingerprint density at radius 1 is 1.32 bits per heavy atom. The lowest BCUT2D eigenvalue weighted by Crippen LogP contribution is -2.21. The minimum atomic E-state index is -0.822. The maximum atomic E-state index is 13.2. The van der Waals surface area contributed by atoms with Crippen molar-refractivity contribution in [3.05, 3.63) is 64.1 Å². The molecule has 3 N–H and O–H groups in total. The minimum absolute atomic E-state index is 0.257. The van der Waals surface area contributed by atoms with Gasteiger partial charge in [-0.2, -0.15) is 0 Å². The molecule has 0 fully saturated rings. The summed E-state index contributed by atoms with van der Waals surface area (Å²) in [4.78, 5) is 4.21. The molecule has 0 bridgehead atoms. The van der Waals surface area contributed by atoms with E-state index in [1.165, 1.54) is 6.07 Å². The van der Waals surface area contributed by atoms with Gasteiger partial charge in [-0.1, -0.05) is 12.1 Å². The first-order valence-corrected chi connectivity index (χ1v) is 6.66. The van der Waals surface area contributed by atoms with Gasteiger partial charge in [0, 0.05) is 24.4 Å². The van der Waals surface area contributed by atoms with E-state index in [0.717, 1.165) is 5.69 Å². The fourth-order valence-corrected chi connectivity index (χ4v) is 2.33. The molecule has 0 aliphatic rings. The second-order valence-electron chi connectivity index (χ2n) is 4.22. The third-order valence-corrected chi connectivity index (χ3v) is 3.60. The molecule has 0 saturated carbocycles. The highest BCUT2D eigenvalue weighted by atomic mass is 79.9. The summed E-state index contributed by atoms with van der Waals surface area (Å²) < 4.78 is 13.5. The molecule has 2 aromatic rings. The lowest BCUT2D eigenvalue weighted by Gasteiger charge is -2.21. The molecule has 0 amide bonds. The number of aliphatic hydroxyl groups is 1. The van der Waals surface area contributed by atoms with E-state index in [2.05, 4.69) is 20.9 Å². The van der Waals surface area contributed by atoms with Gasteiger partial charge in [0.1, 0.15) is 5.82 Å². The second kappa shape index (κ2) is 6.23. The summed E-state index contributed by atoms with van der Waals surface area (Å²) in [6.07, 6.45) is 0.836. The SMILES string of the molecule is NCC(c1ccccn1)C(O)c1ccc(F)c(Br)c1. The minimum Gasteiger partial charge on any atom is -0.388 e. The van der Waals surface area contributed by atoms with Crippen LogP contribution in [0.25, 0.3) is 0 Å². The highest BCUT2D eigenvalue weighted by Crippen LogP contribution is 2.31. The third-order valence-electron chi connectivity index (χ3n) is 2.99. The van der Waals surface area contributed by atoms with Crippen molar-refractivity contribution < 1.29 is 9.50 Å². The average Bonchev–Trinajstić information content (AvgIpc) is 2.44. The first-order chi connectivity index (χ1) is 9.13. The molecule has 1 aromatic carbocycles. The van der Waals surface area contributed by atoms with Crippen LogP contribution >= 0.6 is 15.9 Å². The number of halogens is 2. The normalized spacial score (nSPS) is 14.1. The summed E-state index contributed by atoms with van der Waals surface area (Å²) in [5.74, 6) is -0.684. The van der Waals surface area contributed by atoms with Gasteiger partial charge in [0.05, 0.1) is 10.6 Å². The Labute approximate surface area is 119 Å². The van der Waals surface area contributed by atoms with Crippen LogP contribution in [0.2, 0.25) is 0 Å². The lowest BCUT2D eigenvalue weighted by molar-refractivity contribution is 0.145. The number of hydrogen-bond acceptors (Lipinski definition) is 3. The first-order valence-electron chi connectivity index (χ1n) is 5.87. The Morgan fingerprint density at radius 3 is 2.68 bits per heavy atom. The Bertz CT molecular complexity index is 550. The van der Waals surface area contributed by atoms with Crippen molar-refractivity contribution >= 4 is 15.9 Å². The zero-order valence-corrected chi connectivity index (χ0v) is 11.7. The monoisotopic (exact) mass is 324 g/mol. The van der Waals surface area contributed by atoms with Gasteiger partial charge in [-0.05, 0) is 45.8 Å². The summed E-state index contributed by atoms with van der Waals surface area (Å²) >= 11 is 3.11. The van der Waals surface area contributed by atoms with Crippen LogP contribution in [-0.2, 0) is 0 Å². The van der Waals surface area contributed by atoms with Crippen molar-refractivity contribution in [2.24, 2.45) is 5.73 Å². The molecule has 0 saturated heterocycles. The standard InChI is InChI=1S/C14H14BrFN2O/c15-11-7-9(4-5-12(11)16)14(19)10(8-17)13-3-1-2-6-18-13/h1-7,10,14,19H,8,17H2. The Balaban J connectivity index is 2.30. The number of aromatic nitrogens is 1. The second-order valence-corrected chi connectivity index (χ2v) is 5.07. The van der Waals surface area contributed by atoms with Crippen LogP contribution in [0.5, 0.6) is 0 Å². The van der Waals surface area contributed by atoms with Gasteiger partial charge >= 0.3 is 0 Å². The number of benzene rings is 1. The molecule has 5 heteroatoms. The van der Waals surface area contributed by atoms with Crippen LogP contribution in [-0.4, -0.2) is 16.6 Å². The Kier molecular flexibility index (Phi) is 4.63. The van der Waals surface area contributed by atoms with E-state index in [4.69, 9.17) is 5.73 Å². The van der Waals surface area contributed by atoms with Crippen LogP contribution in [0.15, 0.2) is 47.1 Å². The topological polar surface area (TPSA) is 59.1 Å². The van der Waals surface area contributed by atoms with E-state index in [1.807, 2.05) is 12.1 Å². The van der Waals surface area contributed by atoms with Gasteiger partial charge in [0.25, 0.3) is 0 Å². The van der Waals surface area contributed by atoms with Crippen molar-refractivity contribution in [2.75, 3.05) is 6.54 Å². The van der Waals surface area contributed by atoms with Crippen molar-refractivity contribution in [1.82, 2.24) is 4.98 Å². The van der Waals surface area contributed by atoms with E-state index >= 15 is 0 Å². The molecule has 0 radical (unpaired) electrons. The van der Waals surface area contributed by atoms with Crippen molar-refractivity contribution in [3.63, 3.8) is 0 Å². The van der Waals surface area contributed by atoms with Gasteiger partial charge in [0.15, 0.2) is 0 Å². The maximum Gasteiger partial charge on any atom is 0.137 e. The molecule has 3 nitrogen and oxygen atoms in total. The molecule has 100 valence electrons. The van der Waals surface area contributed by atoms with Crippen LogP contribution in [0, 0.1) is 5.82 Å². The fraction of sp³-hybridized carbons (Fsp3) is 0.214. The highest BCUT2D eigenvalue weighted by molar-refractivity contribution is 9.10. The van der Waals surface area contributed by atoms with E-state index in [9.17, 15) is 9.50 Å². The quantitative estimate of drug-likeness (QED) is 0.909. The predicted octanol–water partition coefficient (Wildman–Crippen LogP) is 2.76. The van der Waals surface area contributed by atoms with Crippen molar-refractivity contribution in [3.8, 4) is 0 Å². The number of aliphatic hydroxyl groups excluding tert-OH is 1. The van der Waals surface area contributed by atoms with Crippen molar-refractivity contribution in [1.29, 1.82) is 0 Å². The number of nitrogens with zero attached hydrogens (tertiary/aromatic N) is 1. The molecule has 2 unspecified atom stereocenters. The molecule has 1 aromatic heterocycles. The summed E-state index contributed by atoms with van der Waals surface area (Å²) in [6, 6.07) is 9.89. The number of pyridine rings is 1. The molecule has 2 atom stereocenters. The van der Waals surface area contributed by atoms with Crippen LogP contribution in [0.3, 0.4) is 0 Å². The summed E-state index contributed by atoms with van der Waals surface area (Å²) in [6.45, 7) is 0.257. The van der Waals surface area contributed by atoms with E-state index in [1.54, 1.807) is 24.4 Å². The van der Waals surface area contributed by atoms with E-state index < -0.39 is 6.10 Å². The lowest BCUT2D eigenvalue weighted by atomic mass is 9.92. The molecule has 19 heavy (non-hydrogen) atoms. The zero-order valence-electron chi connectivity index (χ0n) is 10.1. The molecule has 0 spiro atoms. The van der Waals surface area contributed by atoms with Gasteiger partial charge in [-0.25, -0.2) is 4.39 Å². The molecular weight excluding hydrogens is 311 g/mol. The van der Waals surface area contributed by atoms with Gasteiger partial charge in [-0.3, -0.25) is 4.98 Å². The van der Waals surface area contributed by atoms with Gasteiger partial charge in [-0.15, -0.1) is 0 Å². The zero-order chi connectivity index (χ0) is 13.8. The first kappa shape index (κ1) is 14.1. The maximum absolute atomic E-state index is 13.2. The molecular formula is C14H14BrFN2O. The summed E-state index contributed by atoms with van der Waals surface area (Å²) in [7, 11) is 0. The highest BCUT2D eigenvalue weighted by Gasteiger charge is 2.23. The molecule has 0 aliphatic carbocycles. The van der Waals surface area contributed by atoms with Gasteiger partial charge < -0.3 is 10.8 Å². The number of nitrogens with two attached hydrogens (primary N) is 1. The third kappa shape index (κ3) is 3.18. The Hall–Kier alpha value is -1.30. The van der Waals surface area contributed by atoms with Crippen LogP contribution < -0.4 is 5.73 Å². The summed E-state index contributed by atoms with van der Waals surface area (Å²) in [5.41, 5.74) is 7.05. The van der Waals surface area contributed by atoms with Crippen LogP contribution in [0.4, 0.5) is 4.39 Å². The Morgan fingerprint density at radius 2 is 2.11 bits per heavy atom. The molecule has 0 aliphatic heterocycles. The fourth-order valence-electron chi connectivity index (χ4n) is 1.94. The smallest absolute Gasteiger partial charge is 0.137 e. The average molecular weight is 325 g/mol. The molecule has 1 heterocycles. The summed E-state index contributed by atoms with van der Waals surface area (Å²) in [5, 5.41) is 10.4. The number of rotatable bonds is 4. The largest absolute Gasteiger partial charge is 0.388 e. The number of hydrogen-bond donors (Lipinski definition) is 2. The van der Waals surface area contributed by atoms with E-state index in [0.29, 0.717) is 10.0 Å². The van der Waals surface area contributed by atoms with E-state index in [-0.39, 0.29) is 18.3 Å². The molecule has 2 rings (SSSR count). The van der Waals surface area contributed by atoms with Gasteiger partial charge in [0.2, 0.25) is 0 Å². The van der Waals surface area contributed by atoms with Crippen LogP contribution in [0.1, 0.15) is 23.3 Å². The van der Waals surface area contributed by atoms with Crippen molar-refractivity contribution in [2.45, 2.75) is 12.0 Å². The predicted molar refractivity (Wildman–Crippen MR) is 75.1 cm³/mol.